The number of nitrogens with zero attached hydrogens (tertiary/aromatic N) is 1. The quantitative estimate of drug-likeness (QED) is 0.601. The van der Waals surface area contributed by atoms with Crippen molar-refractivity contribution in [3.63, 3.8) is 0 Å². The molecule has 2 aliphatic rings. The molecular formula is C22H20N2O5. The number of fused-ring (bicyclic) bond motifs is 1. The molecule has 4 rings (SSSR count). The lowest BCUT2D eigenvalue weighted by Gasteiger charge is -2.24. The summed E-state index contributed by atoms with van der Waals surface area (Å²) in [5.74, 6) is -2.33. The van der Waals surface area contributed by atoms with Gasteiger partial charge in [0.2, 0.25) is 6.10 Å². The largest absolute Gasteiger partial charge is 0.446 e. The molecular weight excluding hydrogens is 372 g/mol. The number of hydrogen-bond acceptors (Lipinski definition) is 5. The van der Waals surface area contributed by atoms with E-state index in [1.165, 1.54) is 6.92 Å². The second kappa shape index (κ2) is 7.50. The molecule has 2 aromatic rings. The molecule has 0 bridgehead atoms. The van der Waals surface area contributed by atoms with Crippen LogP contribution in [0.25, 0.3) is 0 Å². The van der Waals surface area contributed by atoms with E-state index < -0.39 is 35.8 Å². The summed E-state index contributed by atoms with van der Waals surface area (Å²) in [6.07, 6.45) is 0.640. The minimum atomic E-state index is -1.16. The molecule has 1 aliphatic heterocycles. The van der Waals surface area contributed by atoms with Crippen LogP contribution in [0.1, 0.15) is 52.1 Å². The first kappa shape index (κ1) is 18.9. The Labute approximate surface area is 167 Å². The summed E-state index contributed by atoms with van der Waals surface area (Å²) in [5, 5.41) is 2.83. The van der Waals surface area contributed by atoms with Crippen LogP contribution in [0.5, 0.6) is 0 Å². The van der Waals surface area contributed by atoms with Gasteiger partial charge in [0.25, 0.3) is 17.7 Å². The van der Waals surface area contributed by atoms with E-state index in [2.05, 4.69) is 5.32 Å². The van der Waals surface area contributed by atoms with Crippen molar-refractivity contribution in [2.24, 2.45) is 0 Å². The fourth-order valence-electron chi connectivity index (χ4n) is 3.28. The first-order chi connectivity index (χ1) is 14.0. The van der Waals surface area contributed by atoms with Gasteiger partial charge < -0.3 is 10.1 Å². The van der Waals surface area contributed by atoms with Gasteiger partial charge in [0.15, 0.2) is 0 Å². The van der Waals surface area contributed by atoms with Crippen molar-refractivity contribution in [1.82, 2.24) is 10.2 Å². The highest BCUT2D eigenvalue weighted by Gasteiger charge is 2.42. The number of hydrogen-bond donors (Lipinski definition) is 1. The maximum absolute atomic E-state index is 12.8. The number of carbonyl (C=O) groups excluding carboxylic acids is 4. The van der Waals surface area contributed by atoms with Crippen molar-refractivity contribution >= 4 is 23.7 Å². The highest BCUT2D eigenvalue weighted by Crippen LogP contribution is 2.27. The summed E-state index contributed by atoms with van der Waals surface area (Å²) in [5.41, 5.74) is 1.03. The maximum Gasteiger partial charge on any atom is 0.330 e. The molecule has 148 valence electrons. The van der Waals surface area contributed by atoms with Crippen molar-refractivity contribution in [2.45, 2.75) is 38.0 Å². The standard InChI is InChI=1S/C22H20N2O5/c1-13(24-20(26)16-9-5-6-10-17(16)21(24)27)22(28)29-18(14-7-3-2-4-8-14)19(25)23-15-11-12-15/h2-10,13,15,18H,11-12H2,1H3,(H,23,25)/t13-,18+/m1/s1. The van der Waals surface area contributed by atoms with Crippen molar-refractivity contribution in [1.29, 1.82) is 0 Å². The van der Waals surface area contributed by atoms with E-state index in [1.54, 1.807) is 54.6 Å². The van der Waals surface area contributed by atoms with E-state index in [9.17, 15) is 19.2 Å². The van der Waals surface area contributed by atoms with Crippen molar-refractivity contribution < 1.29 is 23.9 Å². The number of imide groups is 1. The van der Waals surface area contributed by atoms with E-state index >= 15 is 0 Å². The minimum Gasteiger partial charge on any atom is -0.446 e. The summed E-state index contributed by atoms with van der Waals surface area (Å²) < 4.78 is 5.50. The fraction of sp³-hybridized carbons (Fsp3) is 0.273. The van der Waals surface area contributed by atoms with Gasteiger partial charge in [0.05, 0.1) is 11.1 Å². The highest BCUT2D eigenvalue weighted by molar-refractivity contribution is 6.22. The molecule has 1 heterocycles. The van der Waals surface area contributed by atoms with Crippen LogP contribution in [0.4, 0.5) is 0 Å². The van der Waals surface area contributed by atoms with Gasteiger partial charge in [-0.1, -0.05) is 42.5 Å². The maximum atomic E-state index is 12.8. The van der Waals surface area contributed by atoms with Crippen LogP contribution in [0.2, 0.25) is 0 Å². The molecule has 0 saturated heterocycles. The van der Waals surface area contributed by atoms with Gasteiger partial charge in [-0.25, -0.2) is 4.79 Å². The summed E-state index contributed by atoms with van der Waals surface area (Å²) in [6, 6.07) is 14.0. The van der Waals surface area contributed by atoms with Crippen LogP contribution >= 0.6 is 0 Å². The smallest absolute Gasteiger partial charge is 0.330 e. The average Bonchev–Trinajstić information content (AvgIpc) is 3.51. The van der Waals surface area contributed by atoms with Gasteiger partial charge in [0.1, 0.15) is 6.04 Å². The van der Waals surface area contributed by atoms with E-state index in [4.69, 9.17) is 4.74 Å². The Bertz CT molecular complexity index is 949. The minimum absolute atomic E-state index is 0.0982. The topological polar surface area (TPSA) is 92.8 Å². The van der Waals surface area contributed by atoms with Crippen molar-refractivity contribution in [2.75, 3.05) is 0 Å². The molecule has 2 atom stereocenters. The molecule has 0 spiro atoms. The lowest BCUT2D eigenvalue weighted by atomic mass is 10.1. The normalized spacial score (nSPS) is 17.5. The SMILES string of the molecule is C[C@H](C(=O)O[C@H](C(=O)NC1CC1)c1ccccc1)N1C(=O)c2ccccc2C1=O. The lowest BCUT2D eigenvalue weighted by molar-refractivity contribution is -0.159. The van der Waals surface area contributed by atoms with Gasteiger partial charge in [0, 0.05) is 11.6 Å². The Morgan fingerprint density at radius 3 is 2.07 bits per heavy atom. The zero-order chi connectivity index (χ0) is 20.5. The third-order valence-electron chi connectivity index (χ3n) is 5.05. The van der Waals surface area contributed by atoms with Gasteiger partial charge >= 0.3 is 5.97 Å². The Balaban J connectivity index is 1.54. The van der Waals surface area contributed by atoms with E-state index in [0.29, 0.717) is 5.56 Å². The van der Waals surface area contributed by atoms with E-state index in [1.807, 2.05) is 0 Å². The number of amides is 3. The Morgan fingerprint density at radius 2 is 1.52 bits per heavy atom. The summed E-state index contributed by atoms with van der Waals surface area (Å²) >= 11 is 0. The lowest BCUT2D eigenvalue weighted by Crippen LogP contribution is -2.45. The summed E-state index contributed by atoms with van der Waals surface area (Å²) in [7, 11) is 0. The van der Waals surface area contributed by atoms with Crippen LogP contribution in [0.3, 0.4) is 0 Å². The average molecular weight is 392 g/mol. The highest BCUT2D eigenvalue weighted by atomic mass is 16.5. The molecule has 3 amide bonds. The molecule has 0 unspecified atom stereocenters. The van der Waals surface area contributed by atoms with Gasteiger partial charge in [-0.2, -0.15) is 0 Å². The molecule has 1 saturated carbocycles. The molecule has 29 heavy (non-hydrogen) atoms. The molecule has 7 nitrogen and oxygen atoms in total. The first-order valence-corrected chi connectivity index (χ1v) is 9.50. The van der Waals surface area contributed by atoms with Crippen molar-refractivity contribution in [3.05, 3.63) is 71.3 Å². The van der Waals surface area contributed by atoms with E-state index in [-0.39, 0.29) is 17.2 Å². The van der Waals surface area contributed by atoms with Gasteiger partial charge in [-0.05, 0) is 31.9 Å². The van der Waals surface area contributed by atoms with Gasteiger partial charge in [-0.3, -0.25) is 19.3 Å². The van der Waals surface area contributed by atoms with Gasteiger partial charge in [-0.15, -0.1) is 0 Å². The Morgan fingerprint density at radius 1 is 0.966 bits per heavy atom. The summed E-state index contributed by atoms with van der Waals surface area (Å²) in [4.78, 5) is 51.6. The van der Waals surface area contributed by atoms with Crippen LogP contribution in [-0.4, -0.2) is 40.7 Å². The second-order valence-electron chi connectivity index (χ2n) is 7.21. The zero-order valence-corrected chi connectivity index (χ0v) is 15.8. The number of nitrogens with one attached hydrogen (secondary N) is 1. The second-order valence-corrected chi connectivity index (χ2v) is 7.21. The van der Waals surface area contributed by atoms with Crippen LogP contribution in [-0.2, 0) is 14.3 Å². The molecule has 1 fully saturated rings. The molecule has 0 radical (unpaired) electrons. The predicted molar refractivity (Wildman–Crippen MR) is 103 cm³/mol. The Kier molecular flexibility index (Phi) is 4.88. The van der Waals surface area contributed by atoms with Crippen molar-refractivity contribution in [3.8, 4) is 0 Å². The molecule has 7 heteroatoms. The molecule has 1 aliphatic carbocycles. The third-order valence-corrected chi connectivity index (χ3v) is 5.05. The van der Waals surface area contributed by atoms with Crippen LogP contribution in [0.15, 0.2) is 54.6 Å². The molecule has 0 aromatic heterocycles. The predicted octanol–water partition coefficient (Wildman–Crippen LogP) is 2.23. The van der Waals surface area contributed by atoms with Crippen LogP contribution in [0, 0.1) is 0 Å². The third kappa shape index (κ3) is 3.63. The summed E-state index contributed by atoms with van der Waals surface area (Å²) in [6.45, 7) is 1.42. The first-order valence-electron chi connectivity index (χ1n) is 9.50. The molecule has 2 aromatic carbocycles. The number of benzene rings is 2. The van der Waals surface area contributed by atoms with Crippen LogP contribution < -0.4 is 5.32 Å². The van der Waals surface area contributed by atoms with E-state index in [0.717, 1.165) is 17.7 Å². The monoisotopic (exact) mass is 392 g/mol. The number of ether oxygens (including phenoxy) is 1. The number of carbonyl (C=O) groups is 4. The zero-order valence-electron chi connectivity index (χ0n) is 15.8. The molecule has 1 N–H and O–H groups in total. The fourth-order valence-corrected chi connectivity index (χ4v) is 3.28. The number of esters is 1. The number of rotatable bonds is 6. The Hall–Kier alpha value is -3.48.